The molecule has 0 bridgehead atoms. The van der Waals surface area contributed by atoms with Crippen LogP contribution in [0, 0.1) is 5.92 Å². The summed E-state index contributed by atoms with van der Waals surface area (Å²) in [6.07, 6.45) is 6.87. The zero-order chi connectivity index (χ0) is 9.80. The van der Waals surface area contributed by atoms with Crippen molar-refractivity contribution in [1.82, 2.24) is 5.32 Å². The molecule has 1 N–H and O–H groups in total. The third-order valence-electron chi connectivity index (χ3n) is 3.41. The highest BCUT2D eigenvalue weighted by molar-refractivity contribution is 7.07. The molecule has 1 unspecified atom stereocenters. The molecule has 14 heavy (non-hydrogen) atoms. The van der Waals surface area contributed by atoms with Gasteiger partial charge in [-0.2, -0.15) is 11.3 Å². The number of hydrogen-bond acceptors (Lipinski definition) is 2. The quantitative estimate of drug-likeness (QED) is 0.786. The highest BCUT2D eigenvalue weighted by atomic mass is 32.1. The minimum absolute atomic E-state index is 0.753. The van der Waals surface area contributed by atoms with Gasteiger partial charge < -0.3 is 5.32 Å². The fraction of sp³-hybridized carbons (Fsp3) is 0.667. The molecule has 0 saturated heterocycles. The molecule has 1 atom stereocenters. The third-order valence-corrected chi connectivity index (χ3v) is 4.15. The van der Waals surface area contributed by atoms with Gasteiger partial charge in [0.1, 0.15) is 0 Å². The van der Waals surface area contributed by atoms with Crippen molar-refractivity contribution in [2.24, 2.45) is 5.92 Å². The lowest BCUT2D eigenvalue weighted by Gasteiger charge is -2.33. The summed E-state index contributed by atoms with van der Waals surface area (Å²) in [7, 11) is 2.11. The van der Waals surface area contributed by atoms with Gasteiger partial charge in [0.25, 0.3) is 0 Å². The Bertz CT molecular complexity index is 251. The van der Waals surface area contributed by atoms with E-state index in [1.807, 2.05) is 0 Å². The highest BCUT2D eigenvalue weighted by Crippen LogP contribution is 2.31. The summed E-state index contributed by atoms with van der Waals surface area (Å²) < 4.78 is 0. The standard InChI is InChI=1S/C12H19NS/c1-13-12(11-3-2-4-11)6-5-10-7-8-14-9-10/h7-9,11-13H,2-6H2,1H3. The molecule has 1 heterocycles. The first-order valence-corrected chi connectivity index (χ1v) is 6.53. The molecule has 1 saturated carbocycles. The van der Waals surface area contributed by atoms with Crippen LogP contribution in [-0.4, -0.2) is 13.1 Å². The predicted octanol–water partition coefficient (Wildman–Crippen LogP) is 3.07. The molecular formula is C12H19NS. The van der Waals surface area contributed by atoms with Crippen molar-refractivity contribution >= 4 is 11.3 Å². The maximum Gasteiger partial charge on any atom is 0.00954 e. The second-order valence-corrected chi connectivity index (χ2v) is 5.04. The smallest absolute Gasteiger partial charge is 0.00954 e. The van der Waals surface area contributed by atoms with Gasteiger partial charge in [0.05, 0.1) is 0 Å². The predicted molar refractivity (Wildman–Crippen MR) is 62.8 cm³/mol. The second kappa shape index (κ2) is 4.94. The Morgan fingerprint density at radius 2 is 2.43 bits per heavy atom. The molecule has 1 aromatic heterocycles. The van der Waals surface area contributed by atoms with Crippen LogP contribution in [0.4, 0.5) is 0 Å². The molecule has 0 aromatic carbocycles. The highest BCUT2D eigenvalue weighted by Gasteiger charge is 2.25. The van der Waals surface area contributed by atoms with Crippen LogP contribution in [-0.2, 0) is 6.42 Å². The number of nitrogens with one attached hydrogen (secondary N) is 1. The van der Waals surface area contributed by atoms with Crippen LogP contribution in [0.1, 0.15) is 31.2 Å². The van der Waals surface area contributed by atoms with Crippen molar-refractivity contribution in [3.63, 3.8) is 0 Å². The van der Waals surface area contributed by atoms with Crippen LogP contribution in [0.2, 0.25) is 0 Å². The zero-order valence-corrected chi connectivity index (χ0v) is 9.65. The largest absolute Gasteiger partial charge is 0.317 e. The fourth-order valence-electron chi connectivity index (χ4n) is 2.22. The molecule has 2 rings (SSSR count). The van der Waals surface area contributed by atoms with Crippen molar-refractivity contribution < 1.29 is 0 Å². The number of rotatable bonds is 5. The van der Waals surface area contributed by atoms with E-state index in [9.17, 15) is 0 Å². The third kappa shape index (κ3) is 2.37. The summed E-state index contributed by atoms with van der Waals surface area (Å²) in [6, 6.07) is 3.00. The minimum atomic E-state index is 0.753. The Morgan fingerprint density at radius 1 is 1.57 bits per heavy atom. The summed E-state index contributed by atoms with van der Waals surface area (Å²) >= 11 is 1.81. The van der Waals surface area contributed by atoms with E-state index in [1.54, 1.807) is 11.3 Å². The minimum Gasteiger partial charge on any atom is -0.317 e. The van der Waals surface area contributed by atoms with E-state index in [0.717, 1.165) is 12.0 Å². The lowest BCUT2D eigenvalue weighted by atomic mass is 9.78. The van der Waals surface area contributed by atoms with Crippen molar-refractivity contribution in [2.45, 2.75) is 38.1 Å². The molecule has 1 nitrogen and oxygen atoms in total. The summed E-state index contributed by atoms with van der Waals surface area (Å²) in [5.74, 6) is 0.957. The van der Waals surface area contributed by atoms with Crippen LogP contribution in [0.15, 0.2) is 16.8 Å². The van der Waals surface area contributed by atoms with E-state index in [1.165, 1.54) is 37.7 Å². The molecule has 0 aliphatic heterocycles. The first kappa shape index (κ1) is 10.2. The fourth-order valence-corrected chi connectivity index (χ4v) is 2.92. The summed E-state index contributed by atoms with van der Waals surface area (Å²) in [5, 5.41) is 7.91. The molecular weight excluding hydrogens is 190 g/mol. The molecule has 0 radical (unpaired) electrons. The van der Waals surface area contributed by atoms with Gasteiger partial charge in [-0.05, 0) is 61.0 Å². The SMILES string of the molecule is CNC(CCc1ccsc1)C1CCC1. The van der Waals surface area contributed by atoms with Gasteiger partial charge in [-0.15, -0.1) is 0 Å². The average molecular weight is 209 g/mol. The molecule has 1 aliphatic carbocycles. The molecule has 0 amide bonds. The number of hydrogen-bond donors (Lipinski definition) is 1. The lowest BCUT2D eigenvalue weighted by Crippen LogP contribution is -2.37. The van der Waals surface area contributed by atoms with Gasteiger partial charge in [0.2, 0.25) is 0 Å². The molecule has 1 aromatic rings. The topological polar surface area (TPSA) is 12.0 Å². The molecule has 1 fully saturated rings. The monoisotopic (exact) mass is 209 g/mol. The van der Waals surface area contributed by atoms with Crippen LogP contribution >= 0.6 is 11.3 Å². The number of aryl methyl sites for hydroxylation is 1. The first-order valence-electron chi connectivity index (χ1n) is 5.58. The molecule has 78 valence electrons. The number of thiophene rings is 1. The van der Waals surface area contributed by atoms with Gasteiger partial charge in [-0.3, -0.25) is 0 Å². The van der Waals surface area contributed by atoms with E-state index in [-0.39, 0.29) is 0 Å². The summed E-state index contributed by atoms with van der Waals surface area (Å²) in [6.45, 7) is 0. The summed E-state index contributed by atoms with van der Waals surface area (Å²) in [5.41, 5.74) is 1.51. The van der Waals surface area contributed by atoms with Gasteiger partial charge in [-0.1, -0.05) is 6.42 Å². The second-order valence-electron chi connectivity index (χ2n) is 4.26. The molecule has 2 heteroatoms. The Kier molecular flexibility index (Phi) is 3.60. The van der Waals surface area contributed by atoms with E-state index in [0.29, 0.717) is 0 Å². The molecule has 1 aliphatic rings. The maximum atomic E-state index is 3.47. The van der Waals surface area contributed by atoms with Gasteiger partial charge in [0.15, 0.2) is 0 Å². The zero-order valence-electron chi connectivity index (χ0n) is 8.83. The van der Waals surface area contributed by atoms with E-state index in [4.69, 9.17) is 0 Å². The Labute approximate surface area is 90.5 Å². The van der Waals surface area contributed by atoms with Crippen molar-refractivity contribution in [2.75, 3.05) is 7.05 Å². The van der Waals surface area contributed by atoms with Crippen LogP contribution in [0.5, 0.6) is 0 Å². The Hall–Kier alpha value is -0.340. The maximum absolute atomic E-state index is 3.47. The van der Waals surface area contributed by atoms with E-state index < -0.39 is 0 Å². The van der Waals surface area contributed by atoms with Crippen molar-refractivity contribution in [1.29, 1.82) is 0 Å². The average Bonchev–Trinajstić information content (AvgIpc) is 2.61. The Morgan fingerprint density at radius 3 is 2.93 bits per heavy atom. The van der Waals surface area contributed by atoms with Crippen LogP contribution in [0.3, 0.4) is 0 Å². The normalized spacial score (nSPS) is 19.2. The summed E-state index contributed by atoms with van der Waals surface area (Å²) in [4.78, 5) is 0. The van der Waals surface area contributed by atoms with E-state index in [2.05, 4.69) is 29.2 Å². The van der Waals surface area contributed by atoms with Gasteiger partial charge in [-0.25, -0.2) is 0 Å². The van der Waals surface area contributed by atoms with Crippen molar-refractivity contribution in [3.05, 3.63) is 22.4 Å². The van der Waals surface area contributed by atoms with Crippen LogP contribution in [0.25, 0.3) is 0 Å². The Balaban J connectivity index is 1.77. The van der Waals surface area contributed by atoms with Gasteiger partial charge in [0, 0.05) is 6.04 Å². The first-order chi connectivity index (χ1) is 6.90. The van der Waals surface area contributed by atoms with Gasteiger partial charge >= 0.3 is 0 Å². The lowest BCUT2D eigenvalue weighted by molar-refractivity contribution is 0.228. The van der Waals surface area contributed by atoms with Crippen molar-refractivity contribution in [3.8, 4) is 0 Å². The van der Waals surface area contributed by atoms with E-state index >= 15 is 0 Å². The van der Waals surface area contributed by atoms with Crippen LogP contribution < -0.4 is 5.32 Å². The molecule has 0 spiro atoms.